The minimum atomic E-state index is -0.759. The van der Waals surface area contributed by atoms with Crippen LogP contribution in [0.1, 0.15) is 278 Å². The van der Waals surface area contributed by atoms with E-state index >= 15 is 0 Å². The van der Waals surface area contributed by atoms with Crippen molar-refractivity contribution in [1.29, 1.82) is 0 Å². The van der Waals surface area contributed by atoms with Gasteiger partial charge in [-0.3, -0.25) is 14.4 Å². The molecular formula is C50H96O6. The van der Waals surface area contributed by atoms with E-state index in [-0.39, 0.29) is 31.1 Å². The fourth-order valence-corrected chi connectivity index (χ4v) is 7.51. The maximum atomic E-state index is 12.8. The molecule has 0 heterocycles. The van der Waals surface area contributed by atoms with Crippen molar-refractivity contribution in [2.24, 2.45) is 5.92 Å². The smallest absolute Gasteiger partial charge is 0.306 e. The first kappa shape index (κ1) is 54.4. The Hall–Kier alpha value is -1.59. The Labute approximate surface area is 348 Å². The first-order valence-corrected chi connectivity index (χ1v) is 24.9. The summed E-state index contributed by atoms with van der Waals surface area (Å²) >= 11 is 0. The summed E-state index contributed by atoms with van der Waals surface area (Å²) in [5, 5.41) is 0. The molecule has 0 aliphatic heterocycles. The summed E-state index contributed by atoms with van der Waals surface area (Å²) < 4.78 is 16.7. The molecule has 0 amide bonds. The third-order valence-electron chi connectivity index (χ3n) is 11.3. The largest absolute Gasteiger partial charge is 0.462 e. The molecule has 0 N–H and O–H groups in total. The molecule has 0 aromatic heterocycles. The lowest BCUT2D eigenvalue weighted by Crippen LogP contribution is -2.30. The highest BCUT2D eigenvalue weighted by atomic mass is 16.6. The third-order valence-corrected chi connectivity index (χ3v) is 11.3. The average Bonchev–Trinajstić information content (AvgIpc) is 3.18. The zero-order valence-corrected chi connectivity index (χ0v) is 38.1. The van der Waals surface area contributed by atoms with Gasteiger partial charge in [-0.15, -0.1) is 0 Å². The van der Waals surface area contributed by atoms with Gasteiger partial charge in [-0.1, -0.05) is 240 Å². The van der Waals surface area contributed by atoms with Crippen LogP contribution in [-0.4, -0.2) is 37.2 Å². The molecule has 0 aromatic carbocycles. The molecule has 0 aromatic rings. The number of ether oxygens (including phenoxy) is 3. The molecule has 0 rings (SSSR count). The van der Waals surface area contributed by atoms with Gasteiger partial charge in [-0.25, -0.2) is 0 Å². The van der Waals surface area contributed by atoms with Gasteiger partial charge in [0.2, 0.25) is 0 Å². The van der Waals surface area contributed by atoms with Crippen molar-refractivity contribution in [3.63, 3.8) is 0 Å². The zero-order chi connectivity index (χ0) is 41.0. The Balaban J connectivity index is 4.26. The van der Waals surface area contributed by atoms with Crippen molar-refractivity contribution in [2.45, 2.75) is 284 Å². The van der Waals surface area contributed by atoms with Gasteiger partial charge in [0.15, 0.2) is 6.10 Å². The maximum Gasteiger partial charge on any atom is 0.306 e. The van der Waals surface area contributed by atoms with Crippen LogP contribution in [0, 0.1) is 5.92 Å². The summed E-state index contributed by atoms with van der Waals surface area (Å²) in [6.07, 6.45) is 45.2. The summed E-state index contributed by atoms with van der Waals surface area (Å²) in [5.41, 5.74) is 0. The molecule has 0 saturated carbocycles. The molecule has 332 valence electrons. The van der Waals surface area contributed by atoms with Crippen molar-refractivity contribution in [1.82, 2.24) is 0 Å². The van der Waals surface area contributed by atoms with Gasteiger partial charge in [0.25, 0.3) is 0 Å². The van der Waals surface area contributed by atoms with Gasteiger partial charge in [0.1, 0.15) is 13.2 Å². The van der Waals surface area contributed by atoms with E-state index in [9.17, 15) is 14.4 Å². The molecule has 0 aliphatic carbocycles. The van der Waals surface area contributed by atoms with E-state index in [1.165, 1.54) is 173 Å². The van der Waals surface area contributed by atoms with E-state index in [2.05, 4.69) is 27.7 Å². The monoisotopic (exact) mass is 793 g/mol. The summed E-state index contributed by atoms with van der Waals surface area (Å²) in [7, 11) is 0. The molecule has 0 spiro atoms. The summed E-state index contributed by atoms with van der Waals surface area (Å²) in [5.74, 6) is -0.0426. The van der Waals surface area contributed by atoms with Gasteiger partial charge in [0.05, 0.1) is 0 Å². The van der Waals surface area contributed by atoms with E-state index in [1.54, 1.807) is 0 Å². The minimum absolute atomic E-state index is 0.0637. The highest BCUT2D eigenvalue weighted by Gasteiger charge is 2.19. The normalized spacial score (nSPS) is 11.9. The van der Waals surface area contributed by atoms with Crippen LogP contribution in [-0.2, 0) is 28.6 Å². The van der Waals surface area contributed by atoms with Crippen LogP contribution in [0.3, 0.4) is 0 Å². The van der Waals surface area contributed by atoms with Crippen molar-refractivity contribution in [3.8, 4) is 0 Å². The second-order valence-corrected chi connectivity index (χ2v) is 17.6. The molecular weight excluding hydrogens is 697 g/mol. The highest BCUT2D eigenvalue weighted by Crippen LogP contribution is 2.17. The number of esters is 3. The maximum absolute atomic E-state index is 12.8. The fourth-order valence-electron chi connectivity index (χ4n) is 7.51. The third kappa shape index (κ3) is 43.5. The second kappa shape index (κ2) is 44.5. The average molecular weight is 793 g/mol. The number of unbranched alkanes of at least 4 members (excludes halogenated alkanes) is 32. The van der Waals surface area contributed by atoms with Crippen LogP contribution >= 0.6 is 0 Å². The molecule has 0 aliphatic rings. The Morgan fingerprint density at radius 3 is 0.875 bits per heavy atom. The summed E-state index contributed by atoms with van der Waals surface area (Å²) in [6.45, 7) is 8.98. The van der Waals surface area contributed by atoms with E-state index in [4.69, 9.17) is 14.2 Å². The highest BCUT2D eigenvalue weighted by molar-refractivity contribution is 5.71. The molecule has 0 bridgehead atoms. The lowest BCUT2D eigenvalue weighted by Gasteiger charge is -2.18. The van der Waals surface area contributed by atoms with Crippen LogP contribution in [0.15, 0.2) is 0 Å². The number of carbonyl (C=O) groups is 3. The van der Waals surface area contributed by atoms with Gasteiger partial charge in [-0.2, -0.15) is 0 Å². The molecule has 6 heteroatoms. The van der Waals surface area contributed by atoms with Gasteiger partial charge in [-0.05, 0) is 25.2 Å². The molecule has 0 unspecified atom stereocenters. The van der Waals surface area contributed by atoms with Crippen molar-refractivity contribution >= 4 is 17.9 Å². The Kier molecular flexibility index (Phi) is 43.2. The first-order valence-electron chi connectivity index (χ1n) is 24.9. The first-order chi connectivity index (χ1) is 27.4. The molecule has 56 heavy (non-hydrogen) atoms. The fraction of sp³-hybridized carbons (Fsp3) is 0.940. The zero-order valence-electron chi connectivity index (χ0n) is 38.1. The quantitative estimate of drug-likeness (QED) is 0.0347. The minimum Gasteiger partial charge on any atom is -0.462 e. The number of carbonyl (C=O) groups excluding carboxylic acids is 3. The standard InChI is InChI=1S/C50H96O6/c1-5-7-9-11-13-15-16-17-18-19-20-21-22-26-31-35-39-43-50(53)56-47(44-54-48(51)41-37-33-29-24-14-12-10-8-6-2)45-55-49(52)42-38-34-30-27-23-25-28-32-36-40-46(3)4/h46-47H,5-45H2,1-4H3/t47-/m0/s1. The van der Waals surface area contributed by atoms with Crippen molar-refractivity contribution in [3.05, 3.63) is 0 Å². The van der Waals surface area contributed by atoms with Crippen LogP contribution in [0.25, 0.3) is 0 Å². The van der Waals surface area contributed by atoms with Gasteiger partial charge < -0.3 is 14.2 Å². The number of rotatable bonds is 45. The summed E-state index contributed by atoms with van der Waals surface area (Å²) in [4.78, 5) is 37.8. The summed E-state index contributed by atoms with van der Waals surface area (Å²) in [6, 6.07) is 0. The van der Waals surface area contributed by atoms with Crippen molar-refractivity contribution in [2.75, 3.05) is 13.2 Å². The van der Waals surface area contributed by atoms with Crippen molar-refractivity contribution < 1.29 is 28.6 Å². The van der Waals surface area contributed by atoms with Crippen LogP contribution in [0.4, 0.5) is 0 Å². The van der Waals surface area contributed by atoms with Crippen LogP contribution in [0.2, 0.25) is 0 Å². The van der Waals surface area contributed by atoms with Gasteiger partial charge in [0, 0.05) is 19.3 Å². The topological polar surface area (TPSA) is 78.9 Å². The number of hydrogen-bond donors (Lipinski definition) is 0. The van der Waals surface area contributed by atoms with Crippen LogP contribution in [0.5, 0.6) is 0 Å². The lowest BCUT2D eigenvalue weighted by atomic mass is 10.0. The molecule has 6 nitrogen and oxygen atoms in total. The van der Waals surface area contributed by atoms with E-state index < -0.39 is 6.10 Å². The predicted molar refractivity (Wildman–Crippen MR) is 238 cm³/mol. The molecule has 0 fully saturated rings. The van der Waals surface area contributed by atoms with Crippen LogP contribution < -0.4 is 0 Å². The predicted octanol–water partition coefficient (Wildman–Crippen LogP) is 15.9. The Bertz CT molecular complexity index is 841. The van der Waals surface area contributed by atoms with Gasteiger partial charge >= 0.3 is 17.9 Å². The molecule has 1 atom stereocenters. The van der Waals surface area contributed by atoms with E-state index in [0.29, 0.717) is 19.3 Å². The van der Waals surface area contributed by atoms with E-state index in [0.717, 1.165) is 63.7 Å². The van der Waals surface area contributed by atoms with E-state index in [1.807, 2.05) is 0 Å². The second-order valence-electron chi connectivity index (χ2n) is 17.6. The molecule has 0 saturated heterocycles. The molecule has 0 radical (unpaired) electrons. The SMILES string of the molecule is CCCCCCCCCCCCCCCCCCCC(=O)O[C@@H](COC(=O)CCCCCCCCCCC)COC(=O)CCCCCCCCCCCC(C)C. The Morgan fingerprint density at radius 1 is 0.339 bits per heavy atom. The number of hydrogen-bond acceptors (Lipinski definition) is 6. The lowest BCUT2D eigenvalue weighted by molar-refractivity contribution is -0.167. The Morgan fingerprint density at radius 2 is 0.589 bits per heavy atom.